The van der Waals surface area contributed by atoms with Gasteiger partial charge in [-0.1, -0.05) is 18.2 Å². The van der Waals surface area contributed by atoms with Gasteiger partial charge < -0.3 is 4.74 Å². The molecule has 0 spiro atoms. The SMILES string of the molecule is Cc1cccc(C)c1OC1CC(=O)C1(C)C. The second-order valence-corrected chi connectivity index (χ2v) is 5.18. The Morgan fingerprint density at radius 2 is 1.81 bits per heavy atom. The van der Waals surface area contributed by atoms with Crippen molar-refractivity contribution in [2.45, 2.75) is 40.2 Å². The van der Waals surface area contributed by atoms with Gasteiger partial charge in [-0.2, -0.15) is 0 Å². The van der Waals surface area contributed by atoms with Crippen LogP contribution in [0, 0.1) is 19.3 Å². The van der Waals surface area contributed by atoms with Crippen molar-refractivity contribution in [3.63, 3.8) is 0 Å². The summed E-state index contributed by atoms with van der Waals surface area (Å²) in [4.78, 5) is 11.4. The Balaban J connectivity index is 2.20. The summed E-state index contributed by atoms with van der Waals surface area (Å²) in [6, 6.07) is 6.10. The van der Waals surface area contributed by atoms with Crippen LogP contribution < -0.4 is 4.74 Å². The summed E-state index contributed by atoms with van der Waals surface area (Å²) < 4.78 is 5.98. The molecule has 0 radical (unpaired) electrons. The first-order valence-corrected chi connectivity index (χ1v) is 5.69. The highest BCUT2D eigenvalue weighted by Gasteiger charge is 2.49. The van der Waals surface area contributed by atoms with Crippen LogP contribution in [0.2, 0.25) is 0 Å². The molecule has 0 bridgehead atoms. The van der Waals surface area contributed by atoms with E-state index in [0.29, 0.717) is 12.2 Å². The predicted molar refractivity (Wildman–Crippen MR) is 63.7 cm³/mol. The molecule has 1 fully saturated rings. The zero-order valence-corrected chi connectivity index (χ0v) is 10.3. The highest BCUT2D eigenvalue weighted by atomic mass is 16.5. The number of benzene rings is 1. The Morgan fingerprint density at radius 3 is 2.25 bits per heavy atom. The van der Waals surface area contributed by atoms with E-state index in [2.05, 4.69) is 0 Å². The number of carbonyl (C=O) groups excluding carboxylic acids is 1. The fourth-order valence-corrected chi connectivity index (χ4v) is 2.05. The molecular weight excluding hydrogens is 200 g/mol. The van der Waals surface area contributed by atoms with Gasteiger partial charge in [-0.25, -0.2) is 0 Å². The summed E-state index contributed by atoms with van der Waals surface area (Å²) in [6.07, 6.45) is 0.570. The first-order chi connectivity index (χ1) is 7.43. The van der Waals surface area contributed by atoms with Gasteiger partial charge in [0, 0.05) is 6.42 Å². The lowest BCUT2D eigenvalue weighted by Crippen LogP contribution is -2.53. The lowest BCUT2D eigenvalue weighted by atomic mass is 9.68. The van der Waals surface area contributed by atoms with Gasteiger partial charge in [0.05, 0.1) is 5.41 Å². The van der Waals surface area contributed by atoms with Gasteiger partial charge in [0.1, 0.15) is 17.6 Å². The second kappa shape index (κ2) is 3.62. The Hall–Kier alpha value is -1.31. The van der Waals surface area contributed by atoms with Crippen LogP contribution in [0.3, 0.4) is 0 Å². The molecule has 0 saturated heterocycles. The lowest BCUT2D eigenvalue weighted by Gasteiger charge is -2.42. The van der Waals surface area contributed by atoms with Crippen molar-refractivity contribution in [1.29, 1.82) is 0 Å². The zero-order chi connectivity index (χ0) is 11.9. The van der Waals surface area contributed by atoms with Gasteiger partial charge in [0.2, 0.25) is 0 Å². The molecule has 0 aliphatic heterocycles. The van der Waals surface area contributed by atoms with Gasteiger partial charge in [-0.05, 0) is 38.8 Å². The van der Waals surface area contributed by atoms with Crippen LogP contribution in [0.5, 0.6) is 5.75 Å². The van der Waals surface area contributed by atoms with Crippen molar-refractivity contribution in [3.8, 4) is 5.75 Å². The van der Waals surface area contributed by atoms with E-state index in [4.69, 9.17) is 4.74 Å². The summed E-state index contributed by atoms with van der Waals surface area (Å²) in [7, 11) is 0. The second-order valence-electron chi connectivity index (χ2n) is 5.18. The maximum Gasteiger partial charge on any atom is 0.145 e. The number of ether oxygens (including phenoxy) is 1. The summed E-state index contributed by atoms with van der Waals surface area (Å²) in [5, 5.41) is 0. The van der Waals surface area contributed by atoms with E-state index >= 15 is 0 Å². The largest absolute Gasteiger partial charge is 0.488 e. The fraction of sp³-hybridized carbons (Fsp3) is 0.500. The number of Topliss-reactive ketones (excluding diaryl/α,β-unsaturated/α-hetero) is 1. The zero-order valence-electron chi connectivity index (χ0n) is 10.3. The normalized spacial score (nSPS) is 22.8. The van der Waals surface area contributed by atoms with E-state index in [0.717, 1.165) is 16.9 Å². The maximum atomic E-state index is 11.4. The molecule has 1 aliphatic carbocycles. The summed E-state index contributed by atoms with van der Waals surface area (Å²) in [5.41, 5.74) is 1.94. The number of hydrogen-bond acceptors (Lipinski definition) is 2. The van der Waals surface area contributed by atoms with E-state index in [1.54, 1.807) is 0 Å². The third-order valence-corrected chi connectivity index (χ3v) is 3.56. The van der Waals surface area contributed by atoms with Crippen molar-refractivity contribution in [1.82, 2.24) is 0 Å². The molecule has 0 aromatic heterocycles. The average Bonchev–Trinajstić information content (AvgIpc) is 2.22. The van der Waals surface area contributed by atoms with Crippen molar-refractivity contribution in [2.75, 3.05) is 0 Å². The van der Waals surface area contributed by atoms with Crippen LogP contribution in [-0.4, -0.2) is 11.9 Å². The van der Waals surface area contributed by atoms with E-state index in [9.17, 15) is 4.79 Å². The molecule has 1 unspecified atom stereocenters. The molecular formula is C14H18O2. The Bertz CT molecular complexity index is 412. The van der Waals surface area contributed by atoms with Crippen molar-refractivity contribution >= 4 is 5.78 Å². The molecule has 0 N–H and O–H groups in total. The molecule has 1 saturated carbocycles. The molecule has 2 rings (SSSR count). The molecule has 1 atom stereocenters. The third-order valence-electron chi connectivity index (χ3n) is 3.56. The number of ketones is 1. The Kier molecular flexibility index (Phi) is 2.53. The van der Waals surface area contributed by atoms with Crippen LogP contribution >= 0.6 is 0 Å². The number of carbonyl (C=O) groups is 1. The molecule has 1 aromatic rings. The Labute approximate surface area is 96.6 Å². The quantitative estimate of drug-likeness (QED) is 0.762. The standard InChI is InChI=1S/C14H18O2/c1-9-6-5-7-10(2)13(9)16-12-8-11(15)14(12,3)4/h5-7,12H,8H2,1-4H3. The van der Waals surface area contributed by atoms with E-state index in [1.165, 1.54) is 0 Å². The molecule has 0 amide bonds. The van der Waals surface area contributed by atoms with Gasteiger partial charge >= 0.3 is 0 Å². The topological polar surface area (TPSA) is 26.3 Å². The molecule has 2 heteroatoms. The molecule has 2 nitrogen and oxygen atoms in total. The van der Waals surface area contributed by atoms with Gasteiger partial charge in [-0.3, -0.25) is 4.79 Å². The molecule has 1 aromatic carbocycles. The van der Waals surface area contributed by atoms with Crippen LogP contribution in [-0.2, 0) is 4.79 Å². The van der Waals surface area contributed by atoms with E-state index < -0.39 is 0 Å². The van der Waals surface area contributed by atoms with Crippen LogP contribution in [0.4, 0.5) is 0 Å². The van der Waals surface area contributed by atoms with Crippen molar-refractivity contribution in [2.24, 2.45) is 5.41 Å². The van der Waals surface area contributed by atoms with Crippen molar-refractivity contribution < 1.29 is 9.53 Å². The molecule has 86 valence electrons. The minimum absolute atomic E-state index is 0.0276. The van der Waals surface area contributed by atoms with Gasteiger partial charge in [0.15, 0.2) is 0 Å². The average molecular weight is 218 g/mol. The smallest absolute Gasteiger partial charge is 0.145 e. The molecule has 0 heterocycles. The predicted octanol–water partition coefficient (Wildman–Crippen LogP) is 3.05. The minimum atomic E-state index is -0.325. The first kappa shape index (κ1) is 11.2. The highest BCUT2D eigenvalue weighted by Crippen LogP contribution is 2.40. The fourth-order valence-electron chi connectivity index (χ4n) is 2.05. The van der Waals surface area contributed by atoms with Crippen LogP contribution in [0.15, 0.2) is 18.2 Å². The van der Waals surface area contributed by atoms with Crippen LogP contribution in [0.25, 0.3) is 0 Å². The summed E-state index contributed by atoms with van der Waals surface area (Å²) in [5.74, 6) is 1.23. The lowest BCUT2D eigenvalue weighted by molar-refractivity contribution is -0.148. The molecule has 16 heavy (non-hydrogen) atoms. The van der Waals surface area contributed by atoms with E-state index in [1.807, 2.05) is 45.9 Å². The van der Waals surface area contributed by atoms with Crippen LogP contribution in [0.1, 0.15) is 31.4 Å². The highest BCUT2D eigenvalue weighted by molar-refractivity contribution is 5.91. The molecule has 1 aliphatic rings. The maximum absolute atomic E-state index is 11.4. The van der Waals surface area contributed by atoms with Crippen molar-refractivity contribution in [3.05, 3.63) is 29.3 Å². The first-order valence-electron chi connectivity index (χ1n) is 5.69. The van der Waals surface area contributed by atoms with Gasteiger partial charge in [-0.15, -0.1) is 0 Å². The number of aryl methyl sites for hydroxylation is 2. The third kappa shape index (κ3) is 1.62. The minimum Gasteiger partial charge on any atom is -0.488 e. The Morgan fingerprint density at radius 1 is 1.25 bits per heavy atom. The number of hydrogen-bond donors (Lipinski definition) is 0. The van der Waals surface area contributed by atoms with Gasteiger partial charge in [0.25, 0.3) is 0 Å². The summed E-state index contributed by atoms with van der Waals surface area (Å²) in [6.45, 7) is 7.99. The number of para-hydroxylation sites is 1. The monoisotopic (exact) mass is 218 g/mol. The number of rotatable bonds is 2. The van der Waals surface area contributed by atoms with E-state index in [-0.39, 0.29) is 11.5 Å². The summed E-state index contributed by atoms with van der Waals surface area (Å²) >= 11 is 0.